The number of hydrogen-bond acceptors (Lipinski definition) is 3. The van der Waals surface area contributed by atoms with Crippen LogP contribution in [0.1, 0.15) is 36.5 Å². The second-order valence-corrected chi connectivity index (χ2v) is 5.10. The highest BCUT2D eigenvalue weighted by atomic mass is 35.5. The van der Waals surface area contributed by atoms with E-state index in [0.717, 1.165) is 12.8 Å². The minimum absolute atomic E-state index is 0.0861. The van der Waals surface area contributed by atoms with Gasteiger partial charge >= 0.3 is 0 Å². The maximum absolute atomic E-state index is 11.8. The van der Waals surface area contributed by atoms with Gasteiger partial charge in [-0.2, -0.15) is 0 Å². The highest BCUT2D eigenvalue weighted by Gasteiger charge is 2.10. The van der Waals surface area contributed by atoms with Gasteiger partial charge in [0.2, 0.25) is 5.91 Å². The van der Waals surface area contributed by atoms with E-state index in [4.69, 9.17) is 17.3 Å². The molecule has 0 aliphatic carbocycles. The highest BCUT2D eigenvalue weighted by molar-refractivity contribution is 6.33. The summed E-state index contributed by atoms with van der Waals surface area (Å²) in [5.74, 6) is -0.365. The number of carbonyl (C=O) groups excluding carboxylic acids is 2. The number of nitrogens with two attached hydrogens (primary N) is 1. The second-order valence-electron chi connectivity index (χ2n) is 4.69. The van der Waals surface area contributed by atoms with Crippen LogP contribution >= 0.6 is 11.6 Å². The molecule has 1 aromatic carbocycles. The first-order valence-corrected chi connectivity index (χ1v) is 6.89. The van der Waals surface area contributed by atoms with Gasteiger partial charge in [-0.15, -0.1) is 0 Å². The molecule has 1 atom stereocenters. The summed E-state index contributed by atoms with van der Waals surface area (Å²) in [5.41, 5.74) is 6.52. The summed E-state index contributed by atoms with van der Waals surface area (Å²) >= 11 is 6.01. The number of anilines is 1. The predicted molar refractivity (Wildman–Crippen MR) is 81.0 cm³/mol. The van der Waals surface area contributed by atoms with Crippen LogP contribution in [-0.2, 0) is 4.79 Å². The molecule has 6 heteroatoms. The van der Waals surface area contributed by atoms with Crippen LogP contribution in [0, 0.1) is 0 Å². The number of rotatable bonds is 6. The molecule has 0 saturated heterocycles. The van der Waals surface area contributed by atoms with Crippen LogP contribution in [0.2, 0.25) is 5.02 Å². The van der Waals surface area contributed by atoms with Crippen molar-refractivity contribution in [3.63, 3.8) is 0 Å². The number of halogens is 1. The number of hydrogen-bond donors (Lipinski definition) is 3. The summed E-state index contributed by atoms with van der Waals surface area (Å²) in [6, 6.07) is 4.84. The molecule has 0 saturated carbocycles. The Labute approximate surface area is 123 Å². The number of amides is 2. The van der Waals surface area contributed by atoms with E-state index in [1.165, 1.54) is 0 Å². The normalized spacial score (nSPS) is 11.8. The van der Waals surface area contributed by atoms with Crippen LogP contribution in [0.15, 0.2) is 18.2 Å². The minimum Gasteiger partial charge on any atom is -0.355 e. The van der Waals surface area contributed by atoms with E-state index in [1.807, 2.05) is 6.92 Å². The van der Waals surface area contributed by atoms with E-state index in [2.05, 4.69) is 10.6 Å². The molecule has 0 radical (unpaired) electrons. The van der Waals surface area contributed by atoms with Gasteiger partial charge in [0.25, 0.3) is 5.91 Å². The summed E-state index contributed by atoms with van der Waals surface area (Å²) in [5, 5.41) is 5.63. The number of nitrogens with one attached hydrogen (secondary N) is 2. The Bertz CT molecular complexity index is 489. The first-order chi connectivity index (χ1) is 9.43. The lowest BCUT2D eigenvalue weighted by atomic mass is 10.1. The maximum atomic E-state index is 11.8. The van der Waals surface area contributed by atoms with E-state index in [9.17, 15) is 9.59 Å². The smallest absolute Gasteiger partial charge is 0.251 e. The predicted octanol–water partition coefficient (Wildman–Crippen LogP) is 2.16. The lowest BCUT2D eigenvalue weighted by Crippen LogP contribution is -2.19. The fraction of sp³-hybridized carbons (Fsp3) is 0.429. The summed E-state index contributed by atoms with van der Waals surface area (Å²) < 4.78 is 0. The quantitative estimate of drug-likeness (QED) is 0.752. The van der Waals surface area contributed by atoms with Crippen LogP contribution in [0.4, 0.5) is 5.69 Å². The zero-order valence-electron chi connectivity index (χ0n) is 11.7. The Morgan fingerprint density at radius 2 is 2.10 bits per heavy atom. The minimum atomic E-state index is -0.228. The van der Waals surface area contributed by atoms with Crippen LogP contribution in [0.3, 0.4) is 0 Å². The number of carbonyl (C=O) groups is 2. The van der Waals surface area contributed by atoms with Gasteiger partial charge in [-0.1, -0.05) is 11.6 Å². The summed E-state index contributed by atoms with van der Waals surface area (Å²) in [4.78, 5) is 23.3. The van der Waals surface area contributed by atoms with Gasteiger partial charge in [0.05, 0.1) is 10.7 Å². The average molecular weight is 298 g/mol. The van der Waals surface area contributed by atoms with Crippen LogP contribution in [0.5, 0.6) is 0 Å². The highest BCUT2D eigenvalue weighted by Crippen LogP contribution is 2.23. The first-order valence-electron chi connectivity index (χ1n) is 6.51. The fourth-order valence-corrected chi connectivity index (χ4v) is 1.87. The maximum Gasteiger partial charge on any atom is 0.251 e. The third kappa shape index (κ3) is 5.19. The van der Waals surface area contributed by atoms with Crippen LogP contribution in [-0.4, -0.2) is 24.9 Å². The summed E-state index contributed by atoms with van der Waals surface area (Å²) in [6.45, 7) is 1.90. The van der Waals surface area contributed by atoms with Crippen molar-refractivity contribution in [2.24, 2.45) is 5.73 Å². The molecule has 1 rings (SSSR count). The van der Waals surface area contributed by atoms with Gasteiger partial charge in [-0.25, -0.2) is 0 Å². The van der Waals surface area contributed by atoms with Crippen molar-refractivity contribution in [2.75, 3.05) is 12.4 Å². The first kappa shape index (κ1) is 16.5. The topological polar surface area (TPSA) is 84.2 Å². The van der Waals surface area contributed by atoms with Crippen LogP contribution < -0.4 is 16.4 Å². The molecule has 20 heavy (non-hydrogen) atoms. The van der Waals surface area contributed by atoms with Gasteiger partial charge in [0, 0.05) is 25.1 Å². The van der Waals surface area contributed by atoms with Crippen molar-refractivity contribution in [3.8, 4) is 0 Å². The molecule has 0 aromatic heterocycles. The lowest BCUT2D eigenvalue weighted by Gasteiger charge is -2.09. The monoisotopic (exact) mass is 297 g/mol. The van der Waals surface area contributed by atoms with Gasteiger partial charge in [0.15, 0.2) is 0 Å². The van der Waals surface area contributed by atoms with Crippen molar-refractivity contribution < 1.29 is 9.59 Å². The number of benzene rings is 1. The van der Waals surface area contributed by atoms with Crippen molar-refractivity contribution >= 4 is 29.1 Å². The van der Waals surface area contributed by atoms with Crippen molar-refractivity contribution in [3.05, 3.63) is 28.8 Å². The molecule has 4 N–H and O–H groups in total. The molecule has 0 fully saturated rings. The molecule has 1 aromatic rings. The molecule has 0 bridgehead atoms. The zero-order chi connectivity index (χ0) is 15.1. The van der Waals surface area contributed by atoms with E-state index in [0.29, 0.717) is 22.7 Å². The molecule has 2 amide bonds. The molecule has 0 heterocycles. The van der Waals surface area contributed by atoms with E-state index < -0.39 is 0 Å². The van der Waals surface area contributed by atoms with E-state index >= 15 is 0 Å². The van der Waals surface area contributed by atoms with Gasteiger partial charge < -0.3 is 16.4 Å². The molecular weight excluding hydrogens is 278 g/mol. The zero-order valence-corrected chi connectivity index (χ0v) is 12.5. The lowest BCUT2D eigenvalue weighted by molar-refractivity contribution is -0.116. The Hall–Kier alpha value is -1.59. The fourth-order valence-electron chi connectivity index (χ4n) is 1.70. The van der Waals surface area contributed by atoms with Crippen molar-refractivity contribution in [1.29, 1.82) is 0 Å². The van der Waals surface area contributed by atoms with E-state index in [-0.39, 0.29) is 17.9 Å². The third-order valence-corrected chi connectivity index (χ3v) is 3.12. The molecule has 0 spiro atoms. The molecule has 0 aliphatic heterocycles. The Balaban J connectivity index is 2.66. The molecule has 5 nitrogen and oxygen atoms in total. The second kappa shape index (κ2) is 7.87. The largest absolute Gasteiger partial charge is 0.355 e. The summed E-state index contributed by atoms with van der Waals surface area (Å²) in [6.07, 6.45) is 1.89. The van der Waals surface area contributed by atoms with Gasteiger partial charge in [0.1, 0.15) is 0 Å². The van der Waals surface area contributed by atoms with Crippen LogP contribution in [0.25, 0.3) is 0 Å². The molecule has 1 unspecified atom stereocenters. The summed E-state index contributed by atoms with van der Waals surface area (Å²) in [7, 11) is 1.54. The van der Waals surface area contributed by atoms with E-state index in [1.54, 1.807) is 25.2 Å². The molecule has 110 valence electrons. The Morgan fingerprint density at radius 3 is 2.70 bits per heavy atom. The Morgan fingerprint density at radius 1 is 1.40 bits per heavy atom. The van der Waals surface area contributed by atoms with Gasteiger partial charge in [-0.3, -0.25) is 9.59 Å². The Kier molecular flexibility index (Phi) is 6.48. The van der Waals surface area contributed by atoms with Crippen molar-refractivity contribution in [2.45, 2.75) is 32.2 Å². The molecular formula is C14H20ClN3O2. The van der Waals surface area contributed by atoms with Gasteiger partial charge in [-0.05, 0) is 38.0 Å². The average Bonchev–Trinajstić information content (AvgIpc) is 2.40. The molecule has 0 aliphatic rings. The third-order valence-electron chi connectivity index (χ3n) is 2.79. The van der Waals surface area contributed by atoms with Crippen molar-refractivity contribution in [1.82, 2.24) is 5.32 Å². The standard InChI is InChI=1S/C14H20ClN3O2/c1-9(16)4-3-5-13(19)18-12-8-10(14(20)17-2)6-7-11(12)15/h6-9H,3-5,16H2,1-2H3,(H,17,20)(H,18,19). The SMILES string of the molecule is CNC(=O)c1ccc(Cl)c(NC(=O)CCCC(C)N)c1.